The van der Waals surface area contributed by atoms with Crippen molar-refractivity contribution in [3.05, 3.63) is 24.0 Å². The number of aromatic nitrogens is 1. The quantitative estimate of drug-likeness (QED) is 0.620. The third-order valence-electron chi connectivity index (χ3n) is 3.58. The maximum absolute atomic E-state index is 5.40. The number of hydrogen-bond acceptors (Lipinski definition) is 4. The molecule has 17 heavy (non-hydrogen) atoms. The van der Waals surface area contributed by atoms with E-state index in [2.05, 4.69) is 29.2 Å². The van der Waals surface area contributed by atoms with E-state index in [1.54, 1.807) is 6.20 Å². The zero-order valence-electron chi connectivity index (χ0n) is 10.7. The number of likely N-dealkylation sites (tertiary alicyclic amines) is 1. The average Bonchev–Trinajstić information content (AvgIpc) is 2.32. The van der Waals surface area contributed by atoms with E-state index in [-0.39, 0.29) is 0 Å². The fourth-order valence-corrected chi connectivity index (χ4v) is 2.20. The zero-order valence-corrected chi connectivity index (χ0v) is 10.7. The van der Waals surface area contributed by atoms with Crippen LogP contribution in [0.4, 0.5) is 5.69 Å². The van der Waals surface area contributed by atoms with E-state index < -0.39 is 0 Å². The van der Waals surface area contributed by atoms with Gasteiger partial charge in [-0.1, -0.05) is 13.8 Å². The van der Waals surface area contributed by atoms with Crippen molar-refractivity contribution in [2.75, 3.05) is 18.5 Å². The van der Waals surface area contributed by atoms with Crippen LogP contribution in [0.15, 0.2) is 18.3 Å². The highest BCUT2D eigenvalue weighted by molar-refractivity contribution is 5.41. The predicted octanol–water partition coefficient (Wildman–Crippen LogP) is 1.99. The van der Waals surface area contributed by atoms with E-state index >= 15 is 0 Å². The summed E-state index contributed by atoms with van der Waals surface area (Å²) >= 11 is 0. The molecule has 1 aliphatic rings. The molecule has 0 radical (unpaired) electrons. The molecule has 0 bridgehead atoms. The van der Waals surface area contributed by atoms with Crippen LogP contribution in [-0.4, -0.2) is 23.0 Å². The van der Waals surface area contributed by atoms with Crippen molar-refractivity contribution in [2.45, 2.75) is 33.2 Å². The number of hydrazine groups is 1. The van der Waals surface area contributed by atoms with Gasteiger partial charge in [-0.15, -0.1) is 0 Å². The molecule has 1 saturated heterocycles. The fourth-order valence-electron chi connectivity index (χ4n) is 2.20. The molecular formula is C13H22N4. The fraction of sp³-hybridized carbons (Fsp3) is 0.615. The number of nitrogen functional groups attached to an aromatic ring is 1. The van der Waals surface area contributed by atoms with Crippen molar-refractivity contribution >= 4 is 5.69 Å². The van der Waals surface area contributed by atoms with Crippen LogP contribution in [0.5, 0.6) is 0 Å². The molecule has 0 spiro atoms. The lowest BCUT2D eigenvalue weighted by Crippen LogP contribution is -2.36. The summed E-state index contributed by atoms with van der Waals surface area (Å²) in [6.07, 6.45) is 4.34. The van der Waals surface area contributed by atoms with Crippen LogP contribution < -0.4 is 11.3 Å². The molecule has 1 aromatic rings. The van der Waals surface area contributed by atoms with E-state index in [4.69, 9.17) is 5.84 Å². The number of hydrogen-bond donors (Lipinski definition) is 2. The average molecular weight is 234 g/mol. The molecule has 0 atom stereocenters. The number of nitrogens with two attached hydrogens (primary N) is 1. The summed E-state index contributed by atoms with van der Waals surface area (Å²) in [5, 5.41) is 0. The molecule has 4 nitrogen and oxygen atoms in total. The molecule has 4 heteroatoms. The van der Waals surface area contributed by atoms with E-state index in [1.165, 1.54) is 12.8 Å². The van der Waals surface area contributed by atoms with E-state index in [0.29, 0.717) is 5.41 Å². The van der Waals surface area contributed by atoms with Crippen molar-refractivity contribution in [3.63, 3.8) is 0 Å². The number of nitrogens with one attached hydrogen (secondary N) is 1. The van der Waals surface area contributed by atoms with Crippen LogP contribution in [0.2, 0.25) is 0 Å². The van der Waals surface area contributed by atoms with Crippen LogP contribution in [0.3, 0.4) is 0 Å². The Morgan fingerprint density at radius 2 is 2.12 bits per heavy atom. The van der Waals surface area contributed by atoms with Crippen molar-refractivity contribution in [3.8, 4) is 0 Å². The second-order valence-electron chi connectivity index (χ2n) is 5.62. The first kappa shape index (κ1) is 12.3. The Labute approximate surface area is 103 Å². The lowest BCUT2D eigenvalue weighted by molar-refractivity contribution is 0.126. The Morgan fingerprint density at radius 1 is 1.41 bits per heavy atom. The van der Waals surface area contributed by atoms with Crippen LogP contribution in [0.25, 0.3) is 0 Å². The molecule has 94 valence electrons. The Morgan fingerprint density at radius 3 is 2.76 bits per heavy atom. The predicted molar refractivity (Wildman–Crippen MR) is 70.3 cm³/mol. The molecule has 1 aliphatic heterocycles. The minimum atomic E-state index is 0.505. The summed E-state index contributed by atoms with van der Waals surface area (Å²) in [5.41, 5.74) is 5.17. The molecule has 0 saturated carbocycles. The van der Waals surface area contributed by atoms with E-state index in [1.807, 2.05) is 12.1 Å². The van der Waals surface area contributed by atoms with Gasteiger partial charge >= 0.3 is 0 Å². The van der Waals surface area contributed by atoms with Crippen LogP contribution in [0.1, 0.15) is 32.4 Å². The molecule has 0 aliphatic carbocycles. The van der Waals surface area contributed by atoms with Gasteiger partial charge in [0, 0.05) is 12.7 Å². The molecule has 2 heterocycles. The normalized spacial score (nSPS) is 20.2. The van der Waals surface area contributed by atoms with Crippen molar-refractivity contribution in [2.24, 2.45) is 11.3 Å². The molecule has 2 rings (SSSR count). The second-order valence-corrected chi connectivity index (χ2v) is 5.62. The maximum atomic E-state index is 5.40. The van der Waals surface area contributed by atoms with Gasteiger partial charge < -0.3 is 5.43 Å². The first-order valence-electron chi connectivity index (χ1n) is 6.23. The van der Waals surface area contributed by atoms with Crippen LogP contribution in [0, 0.1) is 5.41 Å². The van der Waals surface area contributed by atoms with Gasteiger partial charge in [0.05, 0.1) is 11.4 Å². The van der Waals surface area contributed by atoms with Gasteiger partial charge in [-0.2, -0.15) is 0 Å². The van der Waals surface area contributed by atoms with Gasteiger partial charge in [-0.25, -0.2) is 0 Å². The standard InChI is InChI=1S/C13H22N4/c1-13(2)4-7-17(8-5-13)10-12-9-11(16-14)3-6-15-12/h3,6,9H,4-5,7-8,10,14H2,1-2H3,(H,15,16). The summed E-state index contributed by atoms with van der Waals surface area (Å²) in [4.78, 5) is 6.85. The van der Waals surface area contributed by atoms with Crippen LogP contribution >= 0.6 is 0 Å². The number of piperidine rings is 1. The Balaban J connectivity index is 1.93. The van der Waals surface area contributed by atoms with Gasteiger partial charge in [-0.05, 0) is 43.5 Å². The topological polar surface area (TPSA) is 54.2 Å². The summed E-state index contributed by atoms with van der Waals surface area (Å²) in [7, 11) is 0. The highest BCUT2D eigenvalue weighted by Crippen LogP contribution is 2.30. The number of pyridine rings is 1. The van der Waals surface area contributed by atoms with Gasteiger partial charge in [0.2, 0.25) is 0 Å². The minimum Gasteiger partial charge on any atom is -0.324 e. The highest BCUT2D eigenvalue weighted by atomic mass is 15.2. The Hall–Kier alpha value is -1.13. The molecule has 0 aromatic carbocycles. The van der Waals surface area contributed by atoms with Crippen molar-refractivity contribution in [1.82, 2.24) is 9.88 Å². The Kier molecular flexibility index (Phi) is 3.64. The molecular weight excluding hydrogens is 212 g/mol. The monoisotopic (exact) mass is 234 g/mol. The summed E-state index contributed by atoms with van der Waals surface area (Å²) < 4.78 is 0. The number of anilines is 1. The first-order chi connectivity index (χ1) is 8.09. The van der Waals surface area contributed by atoms with E-state index in [9.17, 15) is 0 Å². The molecule has 1 fully saturated rings. The molecule has 0 unspecified atom stereocenters. The number of rotatable bonds is 3. The Bertz CT molecular complexity index is 365. The molecule has 1 aromatic heterocycles. The lowest BCUT2D eigenvalue weighted by Gasteiger charge is -2.36. The van der Waals surface area contributed by atoms with E-state index in [0.717, 1.165) is 31.0 Å². The summed E-state index contributed by atoms with van der Waals surface area (Å²) in [5.74, 6) is 5.40. The SMILES string of the molecule is CC1(C)CCN(Cc2cc(NN)ccn2)CC1. The molecule has 0 amide bonds. The largest absolute Gasteiger partial charge is 0.324 e. The lowest BCUT2D eigenvalue weighted by atomic mass is 9.83. The summed E-state index contributed by atoms with van der Waals surface area (Å²) in [6, 6.07) is 3.89. The minimum absolute atomic E-state index is 0.505. The van der Waals surface area contributed by atoms with Gasteiger partial charge in [0.1, 0.15) is 0 Å². The smallest absolute Gasteiger partial charge is 0.0564 e. The van der Waals surface area contributed by atoms with Crippen molar-refractivity contribution in [1.29, 1.82) is 0 Å². The third kappa shape index (κ3) is 3.41. The van der Waals surface area contributed by atoms with Gasteiger partial charge in [0.15, 0.2) is 0 Å². The van der Waals surface area contributed by atoms with Crippen molar-refractivity contribution < 1.29 is 0 Å². The number of nitrogens with zero attached hydrogens (tertiary/aromatic N) is 2. The van der Waals surface area contributed by atoms with Gasteiger partial charge in [0.25, 0.3) is 0 Å². The van der Waals surface area contributed by atoms with Gasteiger partial charge in [-0.3, -0.25) is 15.7 Å². The molecule has 3 N–H and O–H groups in total. The highest BCUT2D eigenvalue weighted by Gasteiger charge is 2.25. The first-order valence-corrected chi connectivity index (χ1v) is 6.23. The third-order valence-corrected chi connectivity index (χ3v) is 3.58. The summed E-state index contributed by atoms with van der Waals surface area (Å²) in [6.45, 7) is 7.94. The zero-order chi connectivity index (χ0) is 12.3. The van der Waals surface area contributed by atoms with Crippen LogP contribution in [-0.2, 0) is 6.54 Å². The maximum Gasteiger partial charge on any atom is 0.0564 e. The second kappa shape index (κ2) is 5.02.